The lowest BCUT2D eigenvalue weighted by Gasteiger charge is -2.39. The highest BCUT2D eigenvalue weighted by Gasteiger charge is 2.38. The minimum absolute atomic E-state index is 0.0465. The molecule has 0 bridgehead atoms. The second-order valence-electron chi connectivity index (χ2n) is 13.2. The number of ether oxygens (including phenoxy) is 2. The van der Waals surface area contributed by atoms with Gasteiger partial charge in [0.2, 0.25) is 11.8 Å². The van der Waals surface area contributed by atoms with Gasteiger partial charge in [-0.3, -0.25) is 19.3 Å². The first-order valence-corrected chi connectivity index (χ1v) is 15.9. The molecule has 1 saturated carbocycles. The highest BCUT2D eigenvalue weighted by atomic mass is 16.6. The largest absolute Gasteiger partial charge is 0.497 e. The first-order valence-electron chi connectivity index (χ1n) is 15.9. The number of aromatic carboxylic acids is 1. The molecular weight excluding hydrogens is 594 g/mol. The van der Waals surface area contributed by atoms with Gasteiger partial charge in [-0.15, -0.1) is 0 Å². The van der Waals surface area contributed by atoms with E-state index in [0.717, 1.165) is 32.1 Å². The van der Waals surface area contributed by atoms with Crippen molar-refractivity contribution in [3.63, 3.8) is 0 Å². The third-order valence-electron chi connectivity index (χ3n) is 9.03. The number of hydrogen-bond acceptors (Lipinski definition) is 7. The Balaban J connectivity index is 1.48. The van der Waals surface area contributed by atoms with Crippen LogP contribution in [-0.4, -0.2) is 112 Å². The molecule has 1 aliphatic heterocycles. The van der Waals surface area contributed by atoms with Gasteiger partial charge in [0.05, 0.1) is 18.2 Å². The highest BCUT2D eigenvalue weighted by molar-refractivity contribution is 6.14. The van der Waals surface area contributed by atoms with Gasteiger partial charge < -0.3 is 34.3 Å². The molecule has 13 nitrogen and oxygen atoms in total. The number of carbonyl (C=O) groups excluding carboxylic acids is 4. The number of benzene rings is 1. The van der Waals surface area contributed by atoms with Gasteiger partial charge in [0.25, 0.3) is 5.91 Å². The molecule has 2 atom stereocenters. The molecule has 4 amide bonds. The van der Waals surface area contributed by atoms with Crippen molar-refractivity contribution in [1.29, 1.82) is 0 Å². The summed E-state index contributed by atoms with van der Waals surface area (Å²) in [5.41, 5.74) is -0.172. The molecule has 0 radical (unpaired) electrons. The molecule has 2 aliphatic rings. The molecule has 2 fully saturated rings. The molecule has 2 heterocycles. The zero-order chi connectivity index (χ0) is 33.9. The maximum absolute atomic E-state index is 14.0. The van der Waals surface area contributed by atoms with Crippen LogP contribution in [0.1, 0.15) is 80.6 Å². The molecule has 46 heavy (non-hydrogen) atoms. The van der Waals surface area contributed by atoms with Gasteiger partial charge in [0.15, 0.2) is 0 Å². The summed E-state index contributed by atoms with van der Waals surface area (Å²) in [5, 5.41) is 13.4. The van der Waals surface area contributed by atoms with Crippen molar-refractivity contribution in [2.75, 3.05) is 40.3 Å². The van der Waals surface area contributed by atoms with Crippen molar-refractivity contribution in [3.05, 3.63) is 29.5 Å². The Kier molecular flexibility index (Phi) is 10.5. The zero-order valence-corrected chi connectivity index (χ0v) is 27.9. The standard InChI is InChI=1S/C33H47N5O8/c1-20(35(5)32(44)46-33(2,3)4)28(39)34-26(21-11-9-8-10-12-21)29(40)37-15-17-38(18-16-37)30(41)27-25(31(42)43)23-14-13-22(45-7)19-24(23)36(27)6/h13-14,19-21,26H,8-12,15-18H2,1-7H3,(H,34,39)(H,42,43). The molecule has 1 saturated heterocycles. The number of nitrogens with one attached hydrogen (secondary N) is 1. The lowest BCUT2D eigenvalue weighted by atomic mass is 9.83. The van der Waals surface area contributed by atoms with E-state index in [4.69, 9.17) is 9.47 Å². The number of hydrogen-bond donors (Lipinski definition) is 2. The molecule has 2 N–H and O–H groups in total. The molecule has 4 rings (SSSR count). The Morgan fingerprint density at radius 2 is 1.61 bits per heavy atom. The molecule has 2 aromatic rings. The van der Waals surface area contributed by atoms with Crippen LogP contribution in [0.25, 0.3) is 10.9 Å². The monoisotopic (exact) mass is 641 g/mol. The number of likely N-dealkylation sites (N-methyl/N-ethyl adjacent to an activating group) is 1. The lowest BCUT2D eigenvalue weighted by molar-refractivity contribution is -0.140. The van der Waals surface area contributed by atoms with E-state index < -0.39 is 41.6 Å². The number of carboxylic acids is 1. The fourth-order valence-corrected chi connectivity index (χ4v) is 6.28. The fraction of sp³-hybridized carbons (Fsp3) is 0.606. The Labute approximate surface area is 269 Å². The van der Waals surface area contributed by atoms with E-state index in [-0.39, 0.29) is 49.3 Å². The summed E-state index contributed by atoms with van der Waals surface area (Å²) < 4.78 is 12.3. The molecule has 252 valence electrons. The van der Waals surface area contributed by atoms with E-state index in [1.54, 1.807) is 67.3 Å². The third kappa shape index (κ3) is 7.39. The number of carbonyl (C=O) groups is 5. The van der Waals surface area contributed by atoms with Crippen LogP contribution in [-0.2, 0) is 21.4 Å². The van der Waals surface area contributed by atoms with E-state index in [0.29, 0.717) is 16.7 Å². The highest BCUT2D eigenvalue weighted by Crippen LogP contribution is 2.31. The second-order valence-corrected chi connectivity index (χ2v) is 13.2. The van der Waals surface area contributed by atoms with E-state index in [2.05, 4.69) is 5.32 Å². The molecule has 1 aliphatic carbocycles. The van der Waals surface area contributed by atoms with Crippen LogP contribution in [0.4, 0.5) is 4.79 Å². The Morgan fingerprint density at radius 3 is 2.17 bits per heavy atom. The number of fused-ring (bicyclic) bond motifs is 1. The van der Waals surface area contributed by atoms with Gasteiger partial charge in [-0.25, -0.2) is 9.59 Å². The second kappa shape index (κ2) is 14.0. The van der Waals surface area contributed by atoms with Crippen molar-refractivity contribution in [2.24, 2.45) is 13.0 Å². The molecule has 1 aromatic heterocycles. The molecular formula is C33H47N5O8. The zero-order valence-electron chi connectivity index (χ0n) is 27.9. The smallest absolute Gasteiger partial charge is 0.410 e. The quantitative estimate of drug-likeness (QED) is 0.445. The maximum Gasteiger partial charge on any atom is 0.410 e. The number of carboxylic acid groups (broad SMARTS) is 1. The SMILES string of the molecule is COc1ccc2c(C(=O)O)c(C(=O)N3CCN(C(=O)C(NC(=O)C(C)N(C)C(=O)OC(C)(C)C)C4CCCCC4)CC3)n(C)c2c1. The number of aryl methyl sites for hydroxylation is 1. The summed E-state index contributed by atoms with van der Waals surface area (Å²) in [6, 6.07) is 3.35. The average Bonchev–Trinajstić information content (AvgIpc) is 3.33. The van der Waals surface area contributed by atoms with Crippen LogP contribution in [0.15, 0.2) is 18.2 Å². The number of amides is 4. The van der Waals surface area contributed by atoms with Crippen molar-refractivity contribution >= 4 is 40.7 Å². The number of rotatable bonds is 8. The number of nitrogens with zero attached hydrogens (tertiary/aromatic N) is 4. The van der Waals surface area contributed by atoms with Crippen molar-refractivity contribution < 1.29 is 38.6 Å². The Morgan fingerprint density at radius 1 is 1.00 bits per heavy atom. The summed E-state index contributed by atoms with van der Waals surface area (Å²) in [4.78, 5) is 70.5. The number of methoxy groups -OCH3 is 1. The summed E-state index contributed by atoms with van der Waals surface area (Å²) in [6.45, 7) is 7.72. The summed E-state index contributed by atoms with van der Waals surface area (Å²) in [5.74, 6) is -1.80. The summed E-state index contributed by atoms with van der Waals surface area (Å²) >= 11 is 0. The lowest BCUT2D eigenvalue weighted by Crippen LogP contribution is -2.60. The maximum atomic E-state index is 14.0. The van der Waals surface area contributed by atoms with Crippen LogP contribution >= 0.6 is 0 Å². The van der Waals surface area contributed by atoms with Gasteiger partial charge in [0.1, 0.15) is 29.1 Å². The molecule has 1 aromatic carbocycles. The van der Waals surface area contributed by atoms with Gasteiger partial charge in [-0.05, 0) is 58.6 Å². The van der Waals surface area contributed by atoms with Crippen molar-refractivity contribution in [1.82, 2.24) is 24.6 Å². The van der Waals surface area contributed by atoms with Gasteiger partial charge in [-0.1, -0.05) is 19.3 Å². The van der Waals surface area contributed by atoms with Crippen molar-refractivity contribution in [2.45, 2.75) is 77.5 Å². The van der Waals surface area contributed by atoms with E-state index in [1.807, 2.05) is 0 Å². The average molecular weight is 642 g/mol. The predicted molar refractivity (Wildman–Crippen MR) is 171 cm³/mol. The number of piperazine rings is 1. The Bertz CT molecular complexity index is 1480. The molecule has 0 spiro atoms. The fourth-order valence-electron chi connectivity index (χ4n) is 6.28. The van der Waals surface area contributed by atoms with E-state index in [1.165, 1.54) is 19.1 Å². The van der Waals surface area contributed by atoms with Gasteiger partial charge >= 0.3 is 12.1 Å². The van der Waals surface area contributed by atoms with E-state index >= 15 is 0 Å². The topological polar surface area (TPSA) is 151 Å². The van der Waals surface area contributed by atoms with Crippen LogP contribution in [0.2, 0.25) is 0 Å². The van der Waals surface area contributed by atoms with Crippen molar-refractivity contribution in [3.8, 4) is 5.75 Å². The minimum atomic E-state index is -1.20. The van der Waals surface area contributed by atoms with Crippen LogP contribution in [0.3, 0.4) is 0 Å². The van der Waals surface area contributed by atoms with Gasteiger partial charge in [0, 0.05) is 51.7 Å². The third-order valence-corrected chi connectivity index (χ3v) is 9.03. The van der Waals surface area contributed by atoms with Crippen LogP contribution in [0.5, 0.6) is 5.75 Å². The Hall–Kier alpha value is -4.29. The van der Waals surface area contributed by atoms with Gasteiger partial charge in [-0.2, -0.15) is 0 Å². The van der Waals surface area contributed by atoms with Crippen LogP contribution < -0.4 is 10.1 Å². The first-order chi connectivity index (χ1) is 21.6. The predicted octanol–water partition coefficient (Wildman–Crippen LogP) is 3.49. The van der Waals surface area contributed by atoms with E-state index in [9.17, 15) is 29.1 Å². The normalized spacial score (nSPS) is 17.3. The first kappa shape index (κ1) is 34.6. The minimum Gasteiger partial charge on any atom is -0.497 e. The summed E-state index contributed by atoms with van der Waals surface area (Å²) in [6.07, 6.45) is 3.96. The summed E-state index contributed by atoms with van der Waals surface area (Å²) in [7, 11) is 4.66. The van der Waals surface area contributed by atoms with Crippen LogP contribution in [0, 0.1) is 5.92 Å². The molecule has 13 heteroatoms. The number of aromatic nitrogens is 1. The molecule has 2 unspecified atom stereocenters.